The Morgan fingerprint density at radius 1 is 1.07 bits per heavy atom. The van der Waals surface area contributed by atoms with Crippen molar-refractivity contribution in [3.05, 3.63) is 70.3 Å². The zero-order valence-electron chi connectivity index (χ0n) is 16.6. The average molecular weight is 380 g/mol. The van der Waals surface area contributed by atoms with Gasteiger partial charge < -0.3 is 15.0 Å². The molecule has 0 unspecified atom stereocenters. The minimum atomic E-state index is -0.646. The lowest BCUT2D eigenvalue weighted by molar-refractivity contribution is -0.384. The molecule has 0 saturated carbocycles. The van der Waals surface area contributed by atoms with Crippen LogP contribution in [0.3, 0.4) is 0 Å². The summed E-state index contributed by atoms with van der Waals surface area (Å²) in [5.74, 6) is 0. The number of hydrogen-bond donors (Lipinski definition) is 1. The minimum Gasteiger partial charge on any atom is -0.399 e. The van der Waals surface area contributed by atoms with E-state index < -0.39 is 23.2 Å². The maximum atomic E-state index is 11.7. The minimum absolute atomic E-state index is 0.0902. The van der Waals surface area contributed by atoms with Gasteiger partial charge in [0.1, 0.15) is 5.69 Å². The molecule has 1 heterocycles. The van der Waals surface area contributed by atoms with Crippen molar-refractivity contribution >= 4 is 29.5 Å². The number of nitro groups is 1. The van der Waals surface area contributed by atoms with Crippen molar-refractivity contribution < 1.29 is 14.2 Å². The van der Waals surface area contributed by atoms with Crippen LogP contribution in [0, 0.1) is 10.1 Å². The molecule has 3 rings (SSSR count). The Labute approximate surface area is 165 Å². The van der Waals surface area contributed by atoms with Crippen molar-refractivity contribution in [1.82, 2.24) is 0 Å². The summed E-state index contributed by atoms with van der Waals surface area (Å²) in [6, 6.07) is 3.32. The fraction of sp³-hybridized carbons (Fsp3) is 0.333. The Morgan fingerprint density at radius 3 is 2.36 bits per heavy atom. The van der Waals surface area contributed by atoms with Gasteiger partial charge in [-0.25, -0.2) is 0 Å². The van der Waals surface area contributed by atoms with Crippen molar-refractivity contribution in [2.75, 3.05) is 5.73 Å². The highest BCUT2D eigenvalue weighted by Crippen LogP contribution is 2.38. The molecule has 1 aliphatic heterocycles. The molecule has 2 N–H and O–H groups in total. The second-order valence-electron chi connectivity index (χ2n) is 7.92. The molecule has 1 aromatic rings. The quantitative estimate of drug-likeness (QED) is 0.372. The van der Waals surface area contributed by atoms with Crippen molar-refractivity contribution in [1.29, 1.82) is 0 Å². The summed E-state index contributed by atoms with van der Waals surface area (Å²) in [5.41, 5.74) is 6.91. The Morgan fingerprint density at radius 2 is 1.71 bits per heavy atom. The summed E-state index contributed by atoms with van der Waals surface area (Å²) < 4.78 is 12.2. The molecule has 7 heteroatoms. The van der Waals surface area contributed by atoms with E-state index in [1.54, 1.807) is 12.1 Å². The smallest absolute Gasteiger partial charge is 0.399 e. The largest absolute Gasteiger partial charge is 0.494 e. The van der Waals surface area contributed by atoms with E-state index in [1.165, 1.54) is 0 Å². The van der Waals surface area contributed by atoms with Crippen LogP contribution >= 0.6 is 0 Å². The van der Waals surface area contributed by atoms with Crippen molar-refractivity contribution in [3.63, 3.8) is 0 Å². The Bertz CT molecular complexity index is 897. The van der Waals surface area contributed by atoms with Crippen molar-refractivity contribution in [2.24, 2.45) is 0 Å². The van der Waals surface area contributed by atoms with Gasteiger partial charge in [-0.3, -0.25) is 10.1 Å². The molecule has 0 amide bonds. The van der Waals surface area contributed by atoms with Gasteiger partial charge >= 0.3 is 7.12 Å². The lowest BCUT2D eigenvalue weighted by Gasteiger charge is -2.32. The molecular formula is C21H25BN2O4. The van der Waals surface area contributed by atoms with Crippen LogP contribution in [0.1, 0.15) is 39.7 Å². The molecule has 0 radical (unpaired) electrons. The van der Waals surface area contributed by atoms with E-state index in [2.05, 4.69) is 0 Å². The van der Waals surface area contributed by atoms with Crippen LogP contribution in [-0.2, 0) is 9.31 Å². The van der Waals surface area contributed by atoms with E-state index in [-0.39, 0.29) is 11.4 Å². The maximum Gasteiger partial charge on any atom is 0.494 e. The van der Waals surface area contributed by atoms with E-state index in [1.807, 2.05) is 70.2 Å². The standard InChI is InChI=1S/C21H25BN2O4/c1-20(2)21(3,4)28-22(27-20)16-13-17(19(24(25)26)18(23)14-16)15-11-9-7-5-6-8-10-12-15/h5-9,11-14H,10,23H2,1-4H3/b7-5-,8-6-,11-9-,15-12+. The molecule has 0 atom stereocenters. The molecule has 0 spiro atoms. The monoisotopic (exact) mass is 380 g/mol. The molecule has 6 nitrogen and oxygen atoms in total. The van der Waals surface area contributed by atoms with Gasteiger partial charge in [-0.05, 0) is 57.3 Å². The molecule has 28 heavy (non-hydrogen) atoms. The number of rotatable bonds is 3. The Kier molecular flexibility index (Phi) is 5.32. The van der Waals surface area contributed by atoms with Crippen LogP contribution < -0.4 is 11.2 Å². The van der Waals surface area contributed by atoms with E-state index >= 15 is 0 Å². The van der Waals surface area contributed by atoms with Crippen molar-refractivity contribution in [3.8, 4) is 0 Å². The van der Waals surface area contributed by atoms with Crippen LogP contribution in [-0.4, -0.2) is 23.2 Å². The number of hydrogen-bond acceptors (Lipinski definition) is 5. The lowest BCUT2D eigenvalue weighted by Crippen LogP contribution is -2.41. The number of nitrogens with zero attached hydrogens (tertiary/aromatic N) is 1. The van der Waals surface area contributed by atoms with E-state index in [9.17, 15) is 10.1 Å². The maximum absolute atomic E-state index is 11.7. The van der Waals surface area contributed by atoms with Gasteiger partial charge in [0.25, 0.3) is 5.69 Å². The highest BCUT2D eigenvalue weighted by atomic mass is 16.7. The summed E-state index contributed by atoms with van der Waals surface area (Å²) in [6.45, 7) is 7.85. The lowest BCUT2D eigenvalue weighted by atomic mass is 9.77. The number of nitrogen functional groups attached to an aromatic ring is 1. The fourth-order valence-corrected chi connectivity index (χ4v) is 3.13. The molecule has 146 valence electrons. The number of nitro benzene ring substituents is 1. The Hall–Kier alpha value is -2.64. The molecule has 0 aromatic heterocycles. The van der Waals surface area contributed by atoms with Crippen LogP contribution in [0.25, 0.3) is 5.57 Å². The van der Waals surface area contributed by atoms with Gasteiger partial charge in [0, 0.05) is 0 Å². The van der Waals surface area contributed by atoms with E-state index in [4.69, 9.17) is 15.0 Å². The van der Waals surface area contributed by atoms with Gasteiger partial charge in [-0.1, -0.05) is 42.5 Å². The van der Waals surface area contributed by atoms with E-state index in [0.717, 1.165) is 5.57 Å². The Balaban J connectivity index is 2.11. The zero-order valence-corrected chi connectivity index (χ0v) is 16.6. The summed E-state index contributed by atoms with van der Waals surface area (Å²) in [6.07, 6.45) is 14.0. The summed E-state index contributed by atoms with van der Waals surface area (Å²) in [7, 11) is -0.646. The van der Waals surface area contributed by atoms with Gasteiger partial charge in [0.15, 0.2) is 0 Å². The third kappa shape index (κ3) is 3.81. The highest BCUT2D eigenvalue weighted by molar-refractivity contribution is 6.62. The molecule has 1 aromatic carbocycles. The van der Waals surface area contributed by atoms with Gasteiger partial charge in [-0.2, -0.15) is 0 Å². The van der Waals surface area contributed by atoms with Crippen LogP contribution in [0.15, 0.2) is 54.7 Å². The first-order chi connectivity index (χ1) is 13.1. The normalized spacial score (nSPS) is 25.7. The van der Waals surface area contributed by atoms with Gasteiger partial charge in [0.2, 0.25) is 0 Å². The predicted molar refractivity (Wildman–Crippen MR) is 113 cm³/mol. The topological polar surface area (TPSA) is 87.6 Å². The molecular weight excluding hydrogens is 355 g/mol. The third-order valence-electron chi connectivity index (χ3n) is 5.40. The first kappa shape index (κ1) is 20.1. The highest BCUT2D eigenvalue weighted by Gasteiger charge is 2.52. The number of nitrogens with two attached hydrogens (primary N) is 1. The first-order valence-corrected chi connectivity index (χ1v) is 9.26. The second kappa shape index (κ2) is 7.41. The molecule has 0 bridgehead atoms. The second-order valence-corrected chi connectivity index (χ2v) is 7.92. The van der Waals surface area contributed by atoms with Gasteiger partial charge in [0.05, 0.1) is 21.7 Å². The van der Waals surface area contributed by atoms with Crippen LogP contribution in [0.5, 0.6) is 0 Å². The predicted octanol–water partition coefficient (Wildman–Crippen LogP) is 3.93. The molecule has 1 saturated heterocycles. The van der Waals surface area contributed by atoms with Crippen LogP contribution in [0.2, 0.25) is 0 Å². The van der Waals surface area contributed by atoms with Gasteiger partial charge in [-0.15, -0.1) is 0 Å². The first-order valence-electron chi connectivity index (χ1n) is 9.26. The molecule has 1 fully saturated rings. The molecule has 1 aliphatic carbocycles. The summed E-state index contributed by atoms with van der Waals surface area (Å²) in [4.78, 5) is 11.3. The number of anilines is 1. The van der Waals surface area contributed by atoms with Crippen LogP contribution in [0.4, 0.5) is 11.4 Å². The average Bonchev–Trinajstić information content (AvgIpc) is 2.90. The number of allylic oxidation sites excluding steroid dienone is 8. The summed E-state index contributed by atoms with van der Waals surface area (Å²) in [5, 5.41) is 11.7. The number of benzene rings is 1. The SMILES string of the molecule is CC1(C)OB(c2cc(N)c([N+](=O)[O-])c(C3=C\C\C=C/C=C\C=C/3)c2)OC1(C)C. The van der Waals surface area contributed by atoms with E-state index in [0.29, 0.717) is 17.4 Å². The third-order valence-corrected chi connectivity index (χ3v) is 5.40. The molecule has 2 aliphatic rings. The summed E-state index contributed by atoms with van der Waals surface area (Å²) >= 11 is 0. The fourth-order valence-electron chi connectivity index (χ4n) is 3.13. The van der Waals surface area contributed by atoms with Crippen molar-refractivity contribution in [2.45, 2.75) is 45.3 Å². The zero-order chi connectivity index (χ0) is 20.5.